The Kier molecular flexibility index (Phi) is 2.70. The van der Waals surface area contributed by atoms with Crippen molar-refractivity contribution in [1.29, 1.82) is 0 Å². The van der Waals surface area contributed by atoms with Crippen LogP contribution in [0.4, 0.5) is 11.5 Å². The molecule has 0 spiro atoms. The summed E-state index contributed by atoms with van der Waals surface area (Å²) in [7, 11) is 0. The Morgan fingerprint density at radius 1 is 1.58 bits per heavy atom. The summed E-state index contributed by atoms with van der Waals surface area (Å²) in [6.07, 6.45) is 1.49. The number of nitrogens with zero attached hydrogens (tertiary/aromatic N) is 2. The summed E-state index contributed by atoms with van der Waals surface area (Å²) in [6.45, 7) is 3.99. The van der Waals surface area contributed by atoms with Crippen LogP contribution in [0, 0.1) is 0 Å². The Hall–Kier alpha value is -1.03. The predicted molar refractivity (Wildman–Crippen MR) is 50.2 cm³/mol. The van der Waals surface area contributed by atoms with E-state index in [0.717, 1.165) is 0 Å². The van der Waals surface area contributed by atoms with Crippen molar-refractivity contribution in [1.82, 2.24) is 9.97 Å². The lowest BCUT2D eigenvalue weighted by atomic mass is 10.4. The zero-order valence-electron chi connectivity index (χ0n) is 7.00. The molecule has 0 saturated carbocycles. The molecule has 1 rings (SSSR count). The van der Waals surface area contributed by atoms with Gasteiger partial charge in [0.25, 0.3) is 0 Å². The highest BCUT2D eigenvalue weighted by molar-refractivity contribution is 6.28. The maximum Gasteiger partial charge on any atom is 0.224 e. The third-order valence-electron chi connectivity index (χ3n) is 1.21. The fourth-order valence-corrected chi connectivity index (χ4v) is 0.892. The molecule has 3 N–H and O–H groups in total. The molecule has 0 amide bonds. The maximum absolute atomic E-state index is 5.59. The van der Waals surface area contributed by atoms with Gasteiger partial charge in [-0.25, -0.2) is 4.98 Å². The molecule has 0 radical (unpaired) electrons. The largest absolute Gasteiger partial charge is 0.394 e. The first kappa shape index (κ1) is 9.06. The van der Waals surface area contributed by atoms with Gasteiger partial charge in [0.05, 0.1) is 11.9 Å². The van der Waals surface area contributed by atoms with Crippen molar-refractivity contribution in [2.45, 2.75) is 19.9 Å². The Balaban J connectivity index is 2.90. The molecule has 1 heterocycles. The minimum absolute atomic E-state index is 0.201. The van der Waals surface area contributed by atoms with Crippen LogP contribution in [0.5, 0.6) is 0 Å². The maximum atomic E-state index is 5.59. The second-order valence-electron chi connectivity index (χ2n) is 2.74. The van der Waals surface area contributed by atoms with Crippen LogP contribution < -0.4 is 11.1 Å². The van der Waals surface area contributed by atoms with Crippen molar-refractivity contribution in [3.63, 3.8) is 0 Å². The van der Waals surface area contributed by atoms with Crippen molar-refractivity contribution in [3.8, 4) is 0 Å². The quantitative estimate of drug-likeness (QED) is 0.688. The second-order valence-corrected chi connectivity index (χ2v) is 3.08. The first-order valence-corrected chi connectivity index (χ1v) is 4.02. The lowest BCUT2D eigenvalue weighted by Crippen LogP contribution is -2.13. The van der Waals surface area contributed by atoms with E-state index < -0.39 is 0 Å². The van der Waals surface area contributed by atoms with E-state index in [2.05, 4.69) is 15.3 Å². The minimum atomic E-state index is 0.201. The van der Waals surface area contributed by atoms with Crippen molar-refractivity contribution in [2.24, 2.45) is 0 Å². The van der Waals surface area contributed by atoms with Crippen LogP contribution in [0.25, 0.3) is 0 Å². The monoisotopic (exact) mass is 186 g/mol. The van der Waals surface area contributed by atoms with Gasteiger partial charge in [-0.3, -0.25) is 0 Å². The molecular formula is C7H11ClN4. The average molecular weight is 187 g/mol. The number of hydrogen-bond donors (Lipinski definition) is 2. The number of aromatic nitrogens is 2. The fourth-order valence-electron chi connectivity index (χ4n) is 0.759. The van der Waals surface area contributed by atoms with Gasteiger partial charge in [0, 0.05) is 6.04 Å². The first-order chi connectivity index (χ1) is 5.59. The molecule has 0 aromatic carbocycles. The van der Waals surface area contributed by atoms with E-state index in [-0.39, 0.29) is 11.3 Å². The summed E-state index contributed by atoms with van der Waals surface area (Å²) in [5.74, 6) is 0.588. The average Bonchev–Trinajstić information content (AvgIpc) is 1.96. The van der Waals surface area contributed by atoms with Crippen LogP contribution in [-0.2, 0) is 0 Å². The van der Waals surface area contributed by atoms with E-state index in [1.54, 1.807) is 0 Å². The van der Waals surface area contributed by atoms with Gasteiger partial charge in [0.2, 0.25) is 5.28 Å². The van der Waals surface area contributed by atoms with Crippen LogP contribution in [0.1, 0.15) is 13.8 Å². The lowest BCUT2D eigenvalue weighted by Gasteiger charge is -2.10. The van der Waals surface area contributed by atoms with E-state index in [1.807, 2.05) is 13.8 Å². The molecule has 0 unspecified atom stereocenters. The molecule has 0 aliphatic heterocycles. The van der Waals surface area contributed by atoms with E-state index in [4.69, 9.17) is 17.3 Å². The zero-order valence-corrected chi connectivity index (χ0v) is 7.76. The Labute approximate surface area is 76.2 Å². The number of anilines is 2. The van der Waals surface area contributed by atoms with Crippen molar-refractivity contribution < 1.29 is 0 Å². The highest BCUT2D eigenvalue weighted by Crippen LogP contribution is 2.16. The molecule has 4 nitrogen and oxygen atoms in total. The van der Waals surface area contributed by atoms with E-state index in [0.29, 0.717) is 11.5 Å². The zero-order chi connectivity index (χ0) is 9.14. The van der Waals surface area contributed by atoms with Crippen LogP contribution in [0.2, 0.25) is 5.28 Å². The molecule has 0 bridgehead atoms. The number of hydrogen-bond acceptors (Lipinski definition) is 4. The SMILES string of the molecule is CC(C)Nc1nc(Cl)ncc1N. The van der Waals surface area contributed by atoms with Crippen molar-refractivity contribution in [3.05, 3.63) is 11.5 Å². The van der Waals surface area contributed by atoms with Crippen LogP contribution >= 0.6 is 11.6 Å². The van der Waals surface area contributed by atoms with Crippen LogP contribution in [-0.4, -0.2) is 16.0 Å². The van der Waals surface area contributed by atoms with Crippen molar-refractivity contribution in [2.75, 3.05) is 11.1 Å². The molecule has 66 valence electrons. The Morgan fingerprint density at radius 2 is 2.25 bits per heavy atom. The third-order valence-corrected chi connectivity index (χ3v) is 1.40. The number of halogens is 1. The summed E-state index contributed by atoms with van der Waals surface area (Å²) in [6, 6.07) is 0.276. The summed E-state index contributed by atoms with van der Waals surface area (Å²) in [5, 5.41) is 3.25. The molecule has 0 aliphatic rings. The summed E-state index contributed by atoms with van der Waals surface area (Å²) in [5.41, 5.74) is 6.10. The smallest absolute Gasteiger partial charge is 0.224 e. The van der Waals surface area contributed by atoms with Gasteiger partial charge < -0.3 is 11.1 Å². The predicted octanol–water partition coefficient (Wildman–Crippen LogP) is 1.53. The Morgan fingerprint density at radius 3 is 2.83 bits per heavy atom. The molecular weight excluding hydrogens is 176 g/mol. The third kappa shape index (κ3) is 2.23. The highest BCUT2D eigenvalue weighted by atomic mass is 35.5. The van der Waals surface area contributed by atoms with Crippen LogP contribution in [0.3, 0.4) is 0 Å². The normalized spacial score (nSPS) is 10.3. The fraction of sp³-hybridized carbons (Fsp3) is 0.429. The molecule has 0 atom stereocenters. The van der Waals surface area contributed by atoms with E-state index >= 15 is 0 Å². The van der Waals surface area contributed by atoms with Crippen LogP contribution in [0.15, 0.2) is 6.20 Å². The first-order valence-electron chi connectivity index (χ1n) is 3.64. The molecule has 0 fully saturated rings. The van der Waals surface area contributed by atoms with Gasteiger partial charge in [-0.05, 0) is 25.4 Å². The summed E-state index contributed by atoms with van der Waals surface area (Å²) >= 11 is 5.58. The van der Waals surface area contributed by atoms with Gasteiger partial charge in [0.15, 0.2) is 5.82 Å². The van der Waals surface area contributed by atoms with E-state index in [1.165, 1.54) is 6.20 Å². The molecule has 12 heavy (non-hydrogen) atoms. The molecule has 5 heteroatoms. The van der Waals surface area contributed by atoms with Gasteiger partial charge in [-0.1, -0.05) is 0 Å². The lowest BCUT2D eigenvalue weighted by molar-refractivity contribution is 0.887. The molecule has 0 saturated heterocycles. The van der Waals surface area contributed by atoms with Gasteiger partial charge in [-0.2, -0.15) is 4.98 Å². The standard InChI is InChI=1S/C7H11ClN4/c1-4(2)11-6-5(9)3-10-7(8)12-6/h3-4H,9H2,1-2H3,(H,10,11,12). The second kappa shape index (κ2) is 3.58. The number of rotatable bonds is 2. The van der Waals surface area contributed by atoms with Crippen molar-refractivity contribution >= 4 is 23.1 Å². The number of nitrogens with one attached hydrogen (secondary N) is 1. The number of nitrogens with two attached hydrogens (primary N) is 1. The Bertz CT molecular complexity index is 274. The van der Waals surface area contributed by atoms with E-state index in [9.17, 15) is 0 Å². The molecule has 1 aromatic heterocycles. The minimum Gasteiger partial charge on any atom is -0.394 e. The van der Waals surface area contributed by atoms with Gasteiger partial charge in [-0.15, -0.1) is 0 Å². The van der Waals surface area contributed by atoms with Gasteiger partial charge >= 0.3 is 0 Å². The highest BCUT2D eigenvalue weighted by Gasteiger charge is 2.03. The van der Waals surface area contributed by atoms with Gasteiger partial charge in [0.1, 0.15) is 0 Å². The summed E-state index contributed by atoms with van der Waals surface area (Å²) < 4.78 is 0. The summed E-state index contributed by atoms with van der Waals surface area (Å²) in [4.78, 5) is 7.67. The molecule has 1 aromatic rings. The molecule has 0 aliphatic carbocycles. The number of nitrogen functional groups attached to an aromatic ring is 1. The topological polar surface area (TPSA) is 63.8 Å².